The average molecular weight is 338 g/mol. The van der Waals surface area contributed by atoms with Crippen LogP contribution in [0.2, 0.25) is 0 Å². The van der Waals surface area contributed by atoms with E-state index < -0.39 is 0 Å². The first kappa shape index (κ1) is 20.2. The van der Waals surface area contributed by atoms with Gasteiger partial charge in [0.25, 0.3) is 0 Å². The maximum atomic E-state index is 12.9. The predicted octanol–water partition coefficient (Wildman–Crippen LogP) is 2.49. The van der Waals surface area contributed by atoms with Crippen molar-refractivity contribution in [1.82, 2.24) is 15.5 Å². The van der Waals surface area contributed by atoms with Crippen LogP contribution in [0.3, 0.4) is 0 Å². The predicted molar refractivity (Wildman–Crippen MR) is 98.2 cm³/mol. The molecule has 0 spiro atoms. The molecule has 136 valence electrons. The molecular weight excluding hydrogens is 307 g/mol. The van der Waals surface area contributed by atoms with Crippen LogP contribution in [0, 0.1) is 5.82 Å². The van der Waals surface area contributed by atoms with Crippen LogP contribution in [-0.4, -0.2) is 56.2 Å². The first-order valence-corrected chi connectivity index (χ1v) is 8.36. The van der Waals surface area contributed by atoms with Crippen molar-refractivity contribution >= 4 is 5.96 Å². The molecule has 1 aromatic carbocycles. The number of halogens is 1. The Kier molecular flexibility index (Phi) is 7.98. The van der Waals surface area contributed by atoms with Crippen LogP contribution < -0.4 is 15.4 Å². The summed E-state index contributed by atoms with van der Waals surface area (Å²) in [7, 11) is 4.10. The molecule has 1 rings (SSSR count). The highest BCUT2D eigenvalue weighted by molar-refractivity contribution is 5.79. The Bertz CT molecular complexity index is 514. The zero-order valence-corrected chi connectivity index (χ0v) is 15.7. The molecule has 6 heteroatoms. The van der Waals surface area contributed by atoms with Gasteiger partial charge in [0.1, 0.15) is 17.7 Å². The van der Waals surface area contributed by atoms with Crippen molar-refractivity contribution in [3.05, 3.63) is 30.1 Å². The maximum absolute atomic E-state index is 12.9. The molecule has 0 aliphatic carbocycles. The Morgan fingerprint density at radius 2 is 1.88 bits per heavy atom. The van der Waals surface area contributed by atoms with Gasteiger partial charge in [-0.05, 0) is 66.1 Å². The standard InChI is InChI=1S/C18H31FN4O/c1-7-20-17(22-13-18(3,4)23(5)6)21-12-14(2)24-16-10-8-15(19)9-11-16/h8-11,14H,7,12-13H2,1-6H3,(H2,20,21,22). The SMILES string of the molecule is CCNC(=NCC(C)(C)N(C)C)NCC(C)Oc1ccc(F)cc1. The lowest BCUT2D eigenvalue weighted by Gasteiger charge is -2.31. The summed E-state index contributed by atoms with van der Waals surface area (Å²) >= 11 is 0. The Morgan fingerprint density at radius 3 is 2.42 bits per heavy atom. The van der Waals surface area contributed by atoms with Gasteiger partial charge >= 0.3 is 0 Å². The lowest BCUT2D eigenvalue weighted by atomic mass is 10.1. The van der Waals surface area contributed by atoms with Crippen LogP contribution in [0.4, 0.5) is 4.39 Å². The van der Waals surface area contributed by atoms with Crippen molar-refractivity contribution in [3.8, 4) is 5.75 Å². The second kappa shape index (κ2) is 9.47. The molecular formula is C18H31FN4O. The van der Waals surface area contributed by atoms with Crippen LogP contribution in [0.1, 0.15) is 27.7 Å². The van der Waals surface area contributed by atoms with Crippen molar-refractivity contribution in [2.45, 2.75) is 39.3 Å². The minimum atomic E-state index is -0.266. The van der Waals surface area contributed by atoms with E-state index in [1.54, 1.807) is 12.1 Å². The van der Waals surface area contributed by atoms with Gasteiger partial charge in [-0.25, -0.2) is 4.39 Å². The van der Waals surface area contributed by atoms with Crippen molar-refractivity contribution in [2.24, 2.45) is 4.99 Å². The first-order valence-electron chi connectivity index (χ1n) is 8.36. The van der Waals surface area contributed by atoms with E-state index in [0.717, 1.165) is 12.5 Å². The first-order chi connectivity index (χ1) is 11.2. The van der Waals surface area contributed by atoms with Gasteiger partial charge in [0, 0.05) is 12.1 Å². The second-order valence-corrected chi connectivity index (χ2v) is 6.67. The van der Waals surface area contributed by atoms with Crippen molar-refractivity contribution < 1.29 is 9.13 Å². The van der Waals surface area contributed by atoms with Crippen molar-refractivity contribution in [1.29, 1.82) is 0 Å². The van der Waals surface area contributed by atoms with Gasteiger partial charge in [-0.3, -0.25) is 4.99 Å². The molecule has 0 amide bonds. The number of hydrogen-bond donors (Lipinski definition) is 2. The fourth-order valence-electron chi connectivity index (χ4n) is 1.78. The van der Waals surface area contributed by atoms with Gasteiger partial charge < -0.3 is 20.3 Å². The monoisotopic (exact) mass is 338 g/mol. The van der Waals surface area contributed by atoms with E-state index in [0.29, 0.717) is 18.8 Å². The zero-order valence-electron chi connectivity index (χ0n) is 15.7. The molecule has 0 aliphatic rings. The summed E-state index contributed by atoms with van der Waals surface area (Å²) in [6, 6.07) is 6.05. The highest BCUT2D eigenvalue weighted by Crippen LogP contribution is 2.13. The summed E-state index contributed by atoms with van der Waals surface area (Å²) in [4.78, 5) is 6.80. The van der Waals surface area contributed by atoms with Crippen molar-refractivity contribution in [2.75, 3.05) is 33.7 Å². The van der Waals surface area contributed by atoms with E-state index in [1.165, 1.54) is 12.1 Å². The molecule has 0 bridgehead atoms. The number of rotatable bonds is 8. The molecule has 2 N–H and O–H groups in total. The van der Waals surface area contributed by atoms with E-state index in [4.69, 9.17) is 4.74 Å². The van der Waals surface area contributed by atoms with Gasteiger partial charge in [0.2, 0.25) is 0 Å². The molecule has 1 atom stereocenters. The van der Waals surface area contributed by atoms with E-state index in [2.05, 4.69) is 48.5 Å². The number of likely N-dealkylation sites (N-methyl/N-ethyl adjacent to an activating group) is 1. The number of nitrogens with zero attached hydrogens (tertiary/aromatic N) is 2. The van der Waals surface area contributed by atoms with E-state index in [9.17, 15) is 4.39 Å². The van der Waals surface area contributed by atoms with Crippen LogP contribution in [0.5, 0.6) is 5.75 Å². The number of benzene rings is 1. The Morgan fingerprint density at radius 1 is 1.25 bits per heavy atom. The Hall–Kier alpha value is -1.82. The fraction of sp³-hybridized carbons (Fsp3) is 0.611. The van der Waals surface area contributed by atoms with E-state index in [-0.39, 0.29) is 17.5 Å². The molecule has 0 fully saturated rings. The number of ether oxygens (including phenoxy) is 1. The number of guanidine groups is 1. The van der Waals surface area contributed by atoms with Crippen LogP contribution in [0.15, 0.2) is 29.3 Å². The molecule has 1 unspecified atom stereocenters. The normalized spacial score (nSPS) is 13.8. The zero-order chi connectivity index (χ0) is 18.2. The second-order valence-electron chi connectivity index (χ2n) is 6.67. The average Bonchev–Trinajstić information content (AvgIpc) is 2.52. The molecule has 24 heavy (non-hydrogen) atoms. The van der Waals surface area contributed by atoms with Gasteiger partial charge in [-0.2, -0.15) is 0 Å². The topological polar surface area (TPSA) is 48.9 Å². The lowest BCUT2D eigenvalue weighted by molar-refractivity contribution is 0.204. The third-order valence-electron chi connectivity index (χ3n) is 3.89. The highest BCUT2D eigenvalue weighted by atomic mass is 19.1. The van der Waals surface area contributed by atoms with E-state index in [1.807, 2.05) is 13.8 Å². The molecule has 0 radical (unpaired) electrons. The lowest BCUT2D eigenvalue weighted by Crippen LogP contribution is -2.45. The van der Waals surface area contributed by atoms with Gasteiger partial charge in [-0.15, -0.1) is 0 Å². The van der Waals surface area contributed by atoms with Crippen LogP contribution >= 0.6 is 0 Å². The molecule has 0 heterocycles. The highest BCUT2D eigenvalue weighted by Gasteiger charge is 2.20. The van der Waals surface area contributed by atoms with Crippen molar-refractivity contribution in [3.63, 3.8) is 0 Å². The molecule has 0 aromatic heterocycles. The fourth-order valence-corrected chi connectivity index (χ4v) is 1.78. The third-order valence-corrected chi connectivity index (χ3v) is 3.89. The minimum Gasteiger partial charge on any atom is -0.489 e. The Balaban J connectivity index is 2.54. The minimum absolute atomic E-state index is 0.0153. The molecule has 0 saturated heterocycles. The number of aliphatic imine (C=N–C) groups is 1. The molecule has 1 aromatic rings. The van der Waals surface area contributed by atoms with Gasteiger partial charge in [0.15, 0.2) is 5.96 Å². The maximum Gasteiger partial charge on any atom is 0.191 e. The molecule has 0 saturated carbocycles. The summed E-state index contributed by atoms with van der Waals surface area (Å²) in [5, 5.41) is 6.52. The van der Waals surface area contributed by atoms with E-state index >= 15 is 0 Å². The summed E-state index contributed by atoms with van der Waals surface area (Å²) in [6.45, 7) is 10.4. The smallest absolute Gasteiger partial charge is 0.191 e. The third kappa shape index (κ3) is 7.17. The summed E-state index contributed by atoms with van der Waals surface area (Å²) in [5.74, 6) is 1.15. The Labute approximate surface area is 145 Å². The number of nitrogens with one attached hydrogen (secondary N) is 2. The number of hydrogen-bond acceptors (Lipinski definition) is 3. The van der Waals surface area contributed by atoms with Crippen LogP contribution in [0.25, 0.3) is 0 Å². The quantitative estimate of drug-likeness (QED) is 0.565. The summed E-state index contributed by atoms with van der Waals surface area (Å²) < 4.78 is 18.7. The van der Waals surface area contributed by atoms with Crippen LogP contribution in [-0.2, 0) is 0 Å². The summed E-state index contributed by atoms with van der Waals surface area (Å²) in [6.07, 6.45) is -0.0684. The molecule has 0 aliphatic heterocycles. The molecule has 5 nitrogen and oxygen atoms in total. The van der Waals surface area contributed by atoms with Gasteiger partial charge in [0.05, 0.1) is 13.1 Å². The largest absolute Gasteiger partial charge is 0.489 e. The summed E-state index contributed by atoms with van der Waals surface area (Å²) in [5.41, 5.74) is -0.0153. The van der Waals surface area contributed by atoms with Gasteiger partial charge in [-0.1, -0.05) is 0 Å².